The molecule has 0 heterocycles. The van der Waals surface area contributed by atoms with Gasteiger partial charge in [-0.2, -0.15) is 0 Å². The maximum atomic E-state index is 11.3. The van der Waals surface area contributed by atoms with Crippen LogP contribution in [0.4, 0.5) is 4.79 Å². The fourth-order valence-corrected chi connectivity index (χ4v) is 0.928. The Morgan fingerprint density at radius 3 is 2.25 bits per heavy atom. The molecule has 2 amide bonds. The van der Waals surface area contributed by atoms with Crippen LogP contribution in [-0.2, 0) is 9.59 Å². The van der Waals surface area contributed by atoms with E-state index in [4.69, 9.17) is 10.2 Å². The molecule has 0 spiro atoms. The van der Waals surface area contributed by atoms with E-state index in [0.717, 1.165) is 0 Å². The molecule has 7 nitrogen and oxygen atoms in total. The van der Waals surface area contributed by atoms with Gasteiger partial charge in [0.05, 0.1) is 0 Å². The first-order valence-electron chi connectivity index (χ1n) is 4.84. The maximum absolute atomic E-state index is 11.3. The van der Waals surface area contributed by atoms with Gasteiger partial charge in [-0.3, -0.25) is 4.79 Å². The van der Waals surface area contributed by atoms with Gasteiger partial charge in [0, 0.05) is 20.0 Å². The summed E-state index contributed by atoms with van der Waals surface area (Å²) in [6.07, 6.45) is -0.430. The molecule has 0 aliphatic carbocycles. The quantitative estimate of drug-likeness (QED) is 0.596. The molecule has 0 rings (SSSR count). The second kappa shape index (κ2) is 6.65. The zero-order chi connectivity index (χ0) is 12.7. The number of nitrogens with one attached hydrogen (secondary N) is 1. The van der Waals surface area contributed by atoms with Crippen LogP contribution in [0.15, 0.2) is 0 Å². The lowest BCUT2D eigenvalue weighted by Gasteiger charge is -2.19. The smallest absolute Gasteiger partial charge is 0.326 e. The van der Waals surface area contributed by atoms with Crippen molar-refractivity contribution in [3.8, 4) is 0 Å². The SMILES string of the molecule is CCN(C)C(=O)NC(CCC(=O)O)C(=O)O. The Morgan fingerprint density at radius 2 is 1.88 bits per heavy atom. The van der Waals surface area contributed by atoms with E-state index in [1.165, 1.54) is 11.9 Å². The third-order valence-corrected chi connectivity index (χ3v) is 2.06. The molecule has 0 aliphatic rings. The van der Waals surface area contributed by atoms with Gasteiger partial charge in [-0.05, 0) is 13.3 Å². The fraction of sp³-hybridized carbons (Fsp3) is 0.667. The molecule has 16 heavy (non-hydrogen) atoms. The molecule has 0 aromatic carbocycles. The van der Waals surface area contributed by atoms with E-state index < -0.39 is 24.0 Å². The van der Waals surface area contributed by atoms with Crippen LogP contribution in [0.5, 0.6) is 0 Å². The summed E-state index contributed by atoms with van der Waals surface area (Å²) in [7, 11) is 1.52. The topological polar surface area (TPSA) is 107 Å². The van der Waals surface area contributed by atoms with Crippen LogP contribution in [0, 0.1) is 0 Å². The molecule has 92 valence electrons. The number of carboxylic acids is 2. The van der Waals surface area contributed by atoms with Crippen LogP contribution in [0.2, 0.25) is 0 Å². The summed E-state index contributed by atoms with van der Waals surface area (Å²) in [6, 6.07) is -1.70. The first kappa shape index (κ1) is 14.2. The van der Waals surface area contributed by atoms with Gasteiger partial charge in [0.2, 0.25) is 0 Å². The van der Waals surface area contributed by atoms with Crippen molar-refractivity contribution in [3.05, 3.63) is 0 Å². The zero-order valence-corrected chi connectivity index (χ0v) is 9.27. The summed E-state index contributed by atoms with van der Waals surface area (Å²) in [5.74, 6) is -2.33. The third-order valence-electron chi connectivity index (χ3n) is 2.06. The van der Waals surface area contributed by atoms with E-state index in [1.54, 1.807) is 6.92 Å². The lowest BCUT2D eigenvalue weighted by molar-refractivity contribution is -0.140. The highest BCUT2D eigenvalue weighted by molar-refractivity contribution is 5.82. The number of hydrogen-bond donors (Lipinski definition) is 3. The molecule has 0 fully saturated rings. The van der Waals surface area contributed by atoms with Crippen molar-refractivity contribution >= 4 is 18.0 Å². The summed E-state index contributed by atoms with van der Waals surface area (Å²) in [4.78, 5) is 33.7. The molecule has 0 aromatic rings. The number of amides is 2. The number of aliphatic carboxylic acids is 2. The van der Waals surface area contributed by atoms with Gasteiger partial charge in [-0.15, -0.1) is 0 Å². The molecule has 0 aromatic heterocycles. The summed E-state index contributed by atoms with van der Waals surface area (Å²) in [6.45, 7) is 2.18. The molecular weight excluding hydrogens is 216 g/mol. The number of carbonyl (C=O) groups is 3. The maximum Gasteiger partial charge on any atom is 0.326 e. The monoisotopic (exact) mass is 232 g/mol. The van der Waals surface area contributed by atoms with E-state index in [1.807, 2.05) is 0 Å². The Hall–Kier alpha value is -1.79. The standard InChI is InChI=1S/C9H16N2O5/c1-3-11(2)9(16)10-6(8(14)15)4-5-7(12)13/h6H,3-5H2,1-2H3,(H,10,16)(H,12,13)(H,14,15). The lowest BCUT2D eigenvalue weighted by atomic mass is 10.1. The van der Waals surface area contributed by atoms with Crippen molar-refractivity contribution in [1.29, 1.82) is 0 Å². The molecular formula is C9H16N2O5. The van der Waals surface area contributed by atoms with Crippen LogP contribution >= 0.6 is 0 Å². The normalized spacial score (nSPS) is 11.6. The Bertz CT molecular complexity index is 279. The first-order valence-corrected chi connectivity index (χ1v) is 4.84. The van der Waals surface area contributed by atoms with E-state index in [2.05, 4.69) is 5.32 Å². The second-order valence-electron chi connectivity index (χ2n) is 3.29. The van der Waals surface area contributed by atoms with Crippen LogP contribution in [0.25, 0.3) is 0 Å². The molecule has 0 radical (unpaired) electrons. The van der Waals surface area contributed by atoms with Gasteiger partial charge >= 0.3 is 18.0 Å². The fourth-order valence-electron chi connectivity index (χ4n) is 0.928. The van der Waals surface area contributed by atoms with Crippen LogP contribution in [-0.4, -0.2) is 52.7 Å². The predicted octanol–water partition coefficient (Wildman–Crippen LogP) is -0.0343. The summed E-state index contributed by atoms with van der Waals surface area (Å²) in [5.41, 5.74) is 0. The molecule has 3 N–H and O–H groups in total. The summed E-state index contributed by atoms with van der Waals surface area (Å²) >= 11 is 0. The molecule has 0 aliphatic heterocycles. The van der Waals surface area contributed by atoms with Crippen molar-refractivity contribution < 1.29 is 24.6 Å². The van der Waals surface area contributed by atoms with Crippen molar-refractivity contribution in [2.45, 2.75) is 25.8 Å². The average molecular weight is 232 g/mol. The second-order valence-corrected chi connectivity index (χ2v) is 3.29. The Balaban J connectivity index is 4.28. The number of rotatable bonds is 6. The molecule has 0 bridgehead atoms. The first-order chi connectivity index (χ1) is 7.38. The zero-order valence-electron chi connectivity index (χ0n) is 9.27. The van der Waals surface area contributed by atoms with Gasteiger partial charge in [0.15, 0.2) is 0 Å². The minimum atomic E-state index is -1.24. The highest BCUT2D eigenvalue weighted by Crippen LogP contribution is 1.99. The van der Waals surface area contributed by atoms with E-state index in [-0.39, 0.29) is 12.8 Å². The van der Waals surface area contributed by atoms with Crippen molar-refractivity contribution in [2.24, 2.45) is 0 Å². The van der Waals surface area contributed by atoms with Crippen LogP contribution in [0.3, 0.4) is 0 Å². The highest BCUT2D eigenvalue weighted by atomic mass is 16.4. The molecule has 0 saturated carbocycles. The highest BCUT2D eigenvalue weighted by Gasteiger charge is 2.21. The molecule has 7 heteroatoms. The number of hydrogen-bond acceptors (Lipinski definition) is 3. The Morgan fingerprint density at radius 1 is 1.31 bits per heavy atom. The van der Waals surface area contributed by atoms with E-state index in [9.17, 15) is 14.4 Å². The van der Waals surface area contributed by atoms with Gasteiger partial charge in [0.25, 0.3) is 0 Å². The number of nitrogens with zero attached hydrogens (tertiary/aromatic N) is 1. The van der Waals surface area contributed by atoms with Gasteiger partial charge in [0.1, 0.15) is 6.04 Å². The van der Waals surface area contributed by atoms with Crippen LogP contribution < -0.4 is 5.32 Å². The van der Waals surface area contributed by atoms with E-state index in [0.29, 0.717) is 6.54 Å². The third kappa shape index (κ3) is 5.18. The molecule has 1 atom stereocenters. The number of carbonyl (C=O) groups excluding carboxylic acids is 1. The Labute approximate surface area is 93.0 Å². The minimum absolute atomic E-state index is 0.131. The van der Waals surface area contributed by atoms with Crippen molar-refractivity contribution in [2.75, 3.05) is 13.6 Å². The number of carboxylic acid groups (broad SMARTS) is 2. The van der Waals surface area contributed by atoms with Crippen molar-refractivity contribution in [1.82, 2.24) is 10.2 Å². The summed E-state index contributed by atoms with van der Waals surface area (Å²) in [5, 5.41) is 19.4. The number of urea groups is 1. The van der Waals surface area contributed by atoms with Gasteiger partial charge in [-0.1, -0.05) is 0 Å². The van der Waals surface area contributed by atoms with E-state index >= 15 is 0 Å². The minimum Gasteiger partial charge on any atom is -0.481 e. The molecule has 1 unspecified atom stereocenters. The Kier molecular flexibility index (Phi) is 5.91. The average Bonchev–Trinajstić information content (AvgIpc) is 2.21. The van der Waals surface area contributed by atoms with Gasteiger partial charge in [-0.25, -0.2) is 9.59 Å². The van der Waals surface area contributed by atoms with Gasteiger partial charge < -0.3 is 20.4 Å². The molecule has 0 saturated heterocycles. The van der Waals surface area contributed by atoms with Crippen LogP contribution in [0.1, 0.15) is 19.8 Å². The van der Waals surface area contributed by atoms with Crippen molar-refractivity contribution in [3.63, 3.8) is 0 Å². The lowest BCUT2D eigenvalue weighted by Crippen LogP contribution is -2.46. The largest absolute Gasteiger partial charge is 0.481 e. The summed E-state index contributed by atoms with van der Waals surface area (Å²) < 4.78 is 0. The predicted molar refractivity (Wildman–Crippen MR) is 55.1 cm³/mol.